The van der Waals surface area contributed by atoms with E-state index in [1.54, 1.807) is 21.1 Å². The average Bonchev–Trinajstić information content (AvgIpc) is 2.65. The third-order valence-electron chi connectivity index (χ3n) is 4.62. The van der Waals surface area contributed by atoms with E-state index in [0.717, 1.165) is 60.5 Å². The number of methoxy groups -OCH3 is 2. The molecule has 0 aliphatic heterocycles. The van der Waals surface area contributed by atoms with E-state index >= 15 is 0 Å². The Balaban J connectivity index is 2.67. The summed E-state index contributed by atoms with van der Waals surface area (Å²) in [5.74, 6) is 2.54. The summed E-state index contributed by atoms with van der Waals surface area (Å²) in [7, 11) is 3.34. The highest BCUT2D eigenvalue weighted by molar-refractivity contribution is 8.13. The molecule has 31 heavy (non-hydrogen) atoms. The Labute approximate surface area is 191 Å². The normalized spacial score (nSPS) is 12.2. The lowest BCUT2D eigenvalue weighted by atomic mass is 9.99. The minimum atomic E-state index is -0.529. The highest BCUT2D eigenvalue weighted by atomic mass is 32.2. The standard InChI is InChI=1S/C24H39NO5S/c1-17(25-23(27)30-24(3,4)5)14-20-16-21(28-6)19(15-22(20)29-7)12-10-8-9-11-13-31-18(2)26/h15-17H,8-14H2,1-7H3,(H,25,27). The molecular formula is C24H39NO5S. The van der Waals surface area contributed by atoms with Crippen molar-refractivity contribution in [3.05, 3.63) is 23.3 Å². The van der Waals surface area contributed by atoms with Crippen LogP contribution in [0.15, 0.2) is 12.1 Å². The van der Waals surface area contributed by atoms with Crippen molar-refractivity contribution in [2.45, 2.75) is 84.8 Å². The number of nitrogens with one attached hydrogen (secondary N) is 1. The first-order valence-electron chi connectivity index (χ1n) is 10.9. The van der Waals surface area contributed by atoms with Gasteiger partial charge in [0.25, 0.3) is 0 Å². The van der Waals surface area contributed by atoms with Gasteiger partial charge in [-0.1, -0.05) is 24.6 Å². The predicted molar refractivity (Wildman–Crippen MR) is 127 cm³/mol. The molecule has 1 N–H and O–H groups in total. The van der Waals surface area contributed by atoms with Gasteiger partial charge in [-0.05, 0) is 76.6 Å². The molecule has 0 saturated carbocycles. The van der Waals surface area contributed by atoms with Crippen LogP contribution in [-0.2, 0) is 22.4 Å². The molecule has 0 saturated heterocycles. The van der Waals surface area contributed by atoms with E-state index in [1.807, 2.05) is 39.8 Å². The molecule has 0 heterocycles. The molecule has 1 atom stereocenters. The zero-order chi connectivity index (χ0) is 23.4. The van der Waals surface area contributed by atoms with Crippen LogP contribution in [-0.4, -0.2) is 42.8 Å². The number of carbonyl (C=O) groups excluding carboxylic acids is 2. The fraction of sp³-hybridized carbons (Fsp3) is 0.667. The molecule has 0 aromatic heterocycles. The quantitative estimate of drug-likeness (QED) is 0.419. The van der Waals surface area contributed by atoms with Gasteiger partial charge in [0.15, 0.2) is 5.12 Å². The molecule has 6 nitrogen and oxygen atoms in total. The van der Waals surface area contributed by atoms with Crippen molar-refractivity contribution in [2.75, 3.05) is 20.0 Å². The fourth-order valence-electron chi connectivity index (χ4n) is 3.26. The molecule has 0 fully saturated rings. The van der Waals surface area contributed by atoms with Crippen molar-refractivity contribution in [3.63, 3.8) is 0 Å². The average molecular weight is 454 g/mol. The summed E-state index contributed by atoms with van der Waals surface area (Å²) in [6.07, 6.45) is 5.43. The van der Waals surface area contributed by atoms with Crippen molar-refractivity contribution in [1.29, 1.82) is 0 Å². The maximum atomic E-state index is 12.0. The van der Waals surface area contributed by atoms with Crippen LogP contribution in [0.1, 0.15) is 71.4 Å². The second-order valence-corrected chi connectivity index (χ2v) is 10.0. The van der Waals surface area contributed by atoms with E-state index in [-0.39, 0.29) is 11.2 Å². The number of alkyl carbamates (subject to hydrolysis) is 1. The van der Waals surface area contributed by atoms with Gasteiger partial charge in [0.05, 0.1) is 14.2 Å². The van der Waals surface area contributed by atoms with Crippen LogP contribution in [0.2, 0.25) is 0 Å². The first-order valence-corrected chi connectivity index (χ1v) is 11.9. The molecule has 1 aromatic rings. The lowest BCUT2D eigenvalue weighted by Gasteiger charge is -2.22. The number of unbranched alkanes of at least 4 members (excludes halogenated alkanes) is 3. The van der Waals surface area contributed by atoms with E-state index in [9.17, 15) is 9.59 Å². The minimum absolute atomic E-state index is 0.118. The first kappa shape index (κ1) is 27.1. The summed E-state index contributed by atoms with van der Waals surface area (Å²) in [5, 5.41) is 3.06. The van der Waals surface area contributed by atoms with Crippen molar-refractivity contribution < 1.29 is 23.8 Å². The van der Waals surface area contributed by atoms with Crippen LogP contribution in [0.3, 0.4) is 0 Å². The molecule has 1 rings (SSSR count). The number of hydrogen-bond acceptors (Lipinski definition) is 6. The smallest absolute Gasteiger partial charge is 0.407 e. The van der Waals surface area contributed by atoms with Crippen LogP contribution in [0.25, 0.3) is 0 Å². The van der Waals surface area contributed by atoms with Crippen LogP contribution >= 0.6 is 11.8 Å². The number of ether oxygens (including phenoxy) is 3. The Hall–Kier alpha value is -1.89. The SMILES string of the molecule is COc1cc(CC(C)NC(=O)OC(C)(C)C)c(OC)cc1CCCCCCSC(C)=O. The van der Waals surface area contributed by atoms with E-state index in [4.69, 9.17) is 14.2 Å². The highest BCUT2D eigenvalue weighted by Crippen LogP contribution is 2.31. The van der Waals surface area contributed by atoms with Crippen molar-refractivity contribution in [2.24, 2.45) is 0 Å². The number of rotatable bonds is 12. The highest BCUT2D eigenvalue weighted by Gasteiger charge is 2.19. The van der Waals surface area contributed by atoms with Gasteiger partial charge in [-0.25, -0.2) is 4.79 Å². The van der Waals surface area contributed by atoms with Crippen molar-refractivity contribution in [3.8, 4) is 11.5 Å². The van der Waals surface area contributed by atoms with Gasteiger partial charge in [0, 0.05) is 18.7 Å². The molecule has 1 aromatic carbocycles. The molecular weight excluding hydrogens is 414 g/mol. The molecule has 0 radical (unpaired) electrons. The van der Waals surface area contributed by atoms with Gasteiger partial charge >= 0.3 is 6.09 Å². The summed E-state index contributed by atoms with van der Waals surface area (Å²) in [6, 6.07) is 3.93. The molecule has 176 valence electrons. The van der Waals surface area contributed by atoms with Crippen LogP contribution in [0, 0.1) is 0 Å². The summed E-state index contributed by atoms with van der Waals surface area (Å²) in [4.78, 5) is 23.0. The van der Waals surface area contributed by atoms with Crippen LogP contribution in [0.5, 0.6) is 11.5 Å². The third kappa shape index (κ3) is 11.3. The Morgan fingerprint density at radius 3 is 2.16 bits per heavy atom. The Kier molecular flexibility index (Phi) is 11.8. The lowest BCUT2D eigenvalue weighted by molar-refractivity contribution is -0.109. The van der Waals surface area contributed by atoms with Crippen LogP contribution in [0.4, 0.5) is 4.79 Å². The largest absolute Gasteiger partial charge is 0.496 e. The van der Waals surface area contributed by atoms with Crippen LogP contribution < -0.4 is 14.8 Å². The second-order valence-electron chi connectivity index (χ2n) is 8.73. The molecule has 0 bridgehead atoms. The maximum absolute atomic E-state index is 12.0. The van der Waals surface area contributed by atoms with Crippen molar-refractivity contribution in [1.82, 2.24) is 5.32 Å². The summed E-state index contributed by atoms with van der Waals surface area (Å²) in [6.45, 7) is 9.08. The molecule has 7 heteroatoms. The summed E-state index contributed by atoms with van der Waals surface area (Å²) in [5.41, 5.74) is 1.57. The van der Waals surface area contributed by atoms with Gasteiger partial charge in [-0.15, -0.1) is 0 Å². The van der Waals surface area contributed by atoms with Gasteiger partial charge < -0.3 is 19.5 Å². The Morgan fingerprint density at radius 1 is 1.00 bits per heavy atom. The van der Waals surface area contributed by atoms with Gasteiger partial charge in [0.1, 0.15) is 17.1 Å². The molecule has 1 unspecified atom stereocenters. The van der Waals surface area contributed by atoms with E-state index in [0.29, 0.717) is 6.42 Å². The molecule has 1 amide bonds. The predicted octanol–water partition coefficient (Wildman–Crippen LogP) is 5.54. The number of hydrogen-bond donors (Lipinski definition) is 1. The molecule has 0 aliphatic rings. The number of benzene rings is 1. The molecule has 0 spiro atoms. The summed E-state index contributed by atoms with van der Waals surface area (Å²) < 4.78 is 16.6. The zero-order valence-electron chi connectivity index (χ0n) is 20.1. The number of thioether (sulfide) groups is 1. The Bertz CT molecular complexity index is 715. The number of aryl methyl sites for hydroxylation is 1. The topological polar surface area (TPSA) is 73.9 Å². The number of amides is 1. The van der Waals surface area contributed by atoms with E-state index in [2.05, 4.69) is 5.32 Å². The Morgan fingerprint density at radius 2 is 1.58 bits per heavy atom. The first-order chi connectivity index (χ1) is 14.6. The maximum Gasteiger partial charge on any atom is 0.407 e. The van der Waals surface area contributed by atoms with Gasteiger partial charge in [0.2, 0.25) is 0 Å². The van der Waals surface area contributed by atoms with Gasteiger partial charge in [-0.2, -0.15) is 0 Å². The number of carbonyl (C=O) groups is 2. The van der Waals surface area contributed by atoms with Gasteiger partial charge in [-0.3, -0.25) is 4.79 Å². The van der Waals surface area contributed by atoms with E-state index in [1.165, 1.54) is 11.8 Å². The zero-order valence-corrected chi connectivity index (χ0v) is 20.9. The summed E-state index contributed by atoms with van der Waals surface area (Å²) >= 11 is 1.40. The molecule has 0 aliphatic carbocycles. The monoisotopic (exact) mass is 453 g/mol. The van der Waals surface area contributed by atoms with Crippen molar-refractivity contribution >= 4 is 23.0 Å². The second kappa shape index (κ2) is 13.5. The van der Waals surface area contributed by atoms with E-state index < -0.39 is 11.7 Å². The minimum Gasteiger partial charge on any atom is -0.496 e. The fourth-order valence-corrected chi connectivity index (χ4v) is 3.89. The lowest BCUT2D eigenvalue weighted by Crippen LogP contribution is -2.38. The third-order valence-corrected chi connectivity index (χ3v) is 5.52.